The number of rotatable bonds is 4. The van der Waals surface area contributed by atoms with Crippen LogP contribution in [0.2, 0.25) is 5.02 Å². The van der Waals surface area contributed by atoms with Crippen molar-refractivity contribution < 1.29 is 0 Å². The van der Waals surface area contributed by atoms with Crippen molar-refractivity contribution in [3.63, 3.8) is 0 Å². The van der Waals surface area contributed by atoms with Gasteiger partial charge in [0.2, 0.25) is 5.95 Å². The minimum Gasteiger partial charge on any atom is -0.370 e. The van der Waals surface area contributed by atoms with Crippen LogP contribution in [-0.2, 0) is 0 Å². The number of fused-ring (bicyclic) bond motifs is 1. The lowest BCUT2D eigenvalue weighted by molar-refractivity contribution is 1.12. The molecule has 1 aromatic carbocycles. The third-order valence-corrected chi connectivity index (χ3v) is 3.59. The highest BCUT2D eigenvalue weighted by atomic mass is 35.5. The van der Waals surface area contributed by atoms with Gasteiger partial charge in [-0.05, 0) is 19.1 Å². The molecule has 0 amide bonds. The normalized spacial score (nSPS) is 10.8. The molecule has 0 aliphatic rings. The molecule has 3 aromatic rings. The first-order valence-corrected chi connectivity index (χ1v) is 7.34. The Morgan fingerprint density at radius 1 is 1.24 bits per heavy atom. The van der Waals surface area contributed by atoms with E-state index in [0.717, 1.165) is 23.8 Å². The summed E-state index contributed by atoms with van der Waals surface area (Å²) in [6.07, 6.45) is 0. The summed E-state index contributed by atoms with van der Waals surface area (Å²) in [7, 11) is 0. The average Bonchev–Trinajstić information content (AvgIpc) is 2.90. The van der Waals surface area contributed by atoms with Gasteiger partial charge in [-0.25, -0.2) is 0 Å². The molecule has 21 heavy (non-hydrogen) atoms. The second kappa shape index (κ2) is 5.66. The van der Waals surface area contributed by atoms with Gasteiger partial charge >= 0.3 is 0 Å². The van der Waals surface area contributed by atoms with Gasteiger partial charge in [-0.15, -0.1) is 0 Å². The van der Waals surface area contributed by atoms with Crippen molar-refractivity contribution >= 4 is 57.6 Å². The second-order valence-corrected chi connectivity index (χ2v) is 5.14. The van der Waals surface area contributed by atoms with E-state index < -0.39 is 0 Å². The molecular weight excluding hydrogens is 310 g/mol. The molecule has 0 aliphatic carbocycles. The molecule has 0 unspecified atom stereocenters. The van der Waals surface area contributed by atoms with Gasteiger partial charge in [0.05, 0.1) is 22.4 Å². The van der Waals surface area contributed by atoms with Gasteiger partial charge in [0.25, 0.3) is 0 Å². The lowest BCUT2D eigenvalue weighted by atomic mass is 10.2. The fourth-order valence-electron chi connectivity index (χ4n) is 1.88. The Bertz CT molecular complexity index is 788. The highest BCUT2D eigenvalue weighted by Crippen LogP contribution is 2.32. The van der Waals surface area contributed by atoms with Crippen molar-refractivity contribution in [1.29, 1.82) is 0 Å². The first-order valence-electron chi connectivity index (χ1n) is 6.23. The molecule has 4 N–H and O–H groups in total. The molecule has 0 atom stereocenters. The summed E-state index contributed by atoms with van der Waals surface area (Å²) in [6.45, 7) is 2.71. The van der Waals surface area contributed by atoms with E-state index in [1.807, 2.05) is 13.0 Å². The van der Waals surface area contributed by atoms with Gasteiger partial charge in [-0.2, -0.15) is 18.7 Å². The minimum absolute atomic E-state index is 0.177. The first kappa shape index (κ1) is 13.8. The largest absolute Gasteiger partial charge is 0.370 e. The summed E-state index contributed by atoms with van der Waals surface area (Å²) in [5.74, 6) is 1.36. The summed E-state index contributed by atoms with van der Waals surface area (Å²) in [5, 5.41) is 6.77. The number of benzene rings is 1. The second-order valence-electron chi connectivity index (χ2n) is 4.21. The standard InChI is InChI=1S/C12H12ClN7S/c1-2-15-8-5-9(18-12(14)17-8)16-10-6(13)3-4-7-11(10)20-21-19-7/h3-5H,2H2,1H3,(H4,14,15,16,17,18). The van der Waals surface area contributed by atoms with Crippen molar-refractivity contribution in [2.45, 2.75) is 6.92 Å². The maximum absolute atomic E-state index is 6.23. The summed E-state index contributed by atoms with van der Waals surface area (Å²) < 4.78 is 8.44. The van der Waals surface area contributed by atoms with Crippen LogP contribution in [0.3, 0.4) is 0 Å². The Balaban J connectivity index is 2.02. The van der Waals surface area contributed by atoms with Gasteiger partial charge < -0.3 is 16.4 Å². The molecule has 0 saturated carbocycles. The van der Waals surface area contributed by atoms with E-state index in [2.05, 4.69) is 29.3 Å². The highest BCUT2D eigenvalue weighted by molar-refractivity contribution is 7.00. The number of nitrogens with zero attached hydrogens (tertiary/aromatic N) is 4. The Labute approximate surface area is 129 Å². The molecule has 0 bridgehead atoms. The van der Waals surface area contributed by atoms with E-state index in [4.69, 9.17) is 17.3 Å². The topological polar surface area (TPSA) is 102 Å². The van der Waals surface area contributed by atoms with Crippen LogP contribution in [0.25, 0.3) is 11.0 Å². The maximum Gasteiger partial charge on any atom is 0.223 e. The fraction of sp³-hybridized carbons (Fsp3) is 0.167. The zero-order valence-electron chi connectivity index (χ0n) is 11.1. The Morgan fingerprint density at radius 2 is 2.05 bits per heavy atom. The summed E-state index contributed by atoms with van der Waals surface area (Å²) in [5.41, 5.74) is 7.85. The van der Waals surface area contributed by atoms with Gasteiger partial charge in [0.15, 0.2) is 0 Å². The quantitative estimate of drug-likeness (QED) is 0.679. The highest BCUT2D eigenvalue weighted by Gasteiger charge is 2.11. The molecular formula is C12H12ClN7S. The van der Waals surface area contributed by atoms with Gasteiger partial charge in [-0.3, -0.25) is 0 Å². The third kappa shape index (κ3) is 2.81. The van der Waals surface area contributed by atoms with E-state index in [0.29, 0.717) is 27.9 Å². The maximum atomic E-state index is 6.23. The number of anilines is 4. The van der Waals surface area contributed by atoms with Gasteiger partial charge in [-0.1, -0.05) is 11.6 Å². The first-order chi connectivity index (χ1) is 10.2. The minimum atomic E-state index is 0.177. The summed E-state index contributed by atoms with van der Waals surface area (Å²) in [6, 6.07) is 5.35. The van der Waals surface area contributed by atoms with Crippen LogP contribution in [-0.4, -0.2) is 25.3 Å². The molecule has 7 nitrogen and oxygen atoms in total. The van der Waals surface area contributed by atoms with E-state index in [-0.39, 0.29) is 5.95 Å². The zero-order chi connectivity index (χ0) is 14.8. The van der Waals surface area contributed by atoms with Crippen LogP contribution in [0.15, 0.2) is 18.2 Å². The summed E-state index contributed by atoms with van der Waals surface area (Å²) >= 11 is 7.37. The number of aromatic nitrogens is 4. The predicted octanol–water partition coefficient (Wildman–Crippen LogP) is 2.89. The molecule has 9 heteroatoms. The van der Waals surface area contributed by atoms with Crippen molar-refractivity contribution in [2.75, 3.05) is 22.9 Å². The van der Waals surface area contributed by atoms with Gasteiger partial charge in [0, 0.05) is 12.6 Å². The van der Waals surface area contributed by atoms with Gasteiger partial charge in [0.1, 0.15) is 22.7 Å². The van der Waals surface area contributed by atoms with Crippen molar-refractivity contribution in [2.24, 2.45) is 0 Å². The van der Waals surface area contributed by atoms with Crippen molar-refractivity contribution in [3.8, 4) is 0 Å². The molecule has 0 saturated heterocycles. The van der Waals surface area contributed by atoms with Crippen LogP contribution >= 0.6 is 23.3 Å². The molecule has 0 aliphatic heterocycles. The van der Waals surface area contributed by atoms with Crippen LogP contribution < -0.4 is 16.4 Å². The van der Waals surface area contributed by atoms with E-state index in [9.17, 15) is 0 Å². The fourth-order valence-corrected chi connectivity index (χ4v) is 2.62. The molecule has 108 valence electrons. The van der Waals surface area contributed by atoms with E-state index in [1.165, 1.54) is 0 Å². The molecule has 0 fully saturated rings. The predicted molar refractivity (Wildman–Crippen MR) is 86.3 cm³/mol. The van der Waals surface area contributed by atoms with E-state index >= 15 is 0 Å². The lowest BCUT2D eigenvalue weighted by Crippen LogP contribution is -2.06. The number of hydrogen-bond acceptors (Lipinski definition) is 8. The molecule has 2 heterocycles. The monoisotopic (exact) mass is 321 g/mol. The molecule has 2 aromatic heterocycles. The zero-order valence-corrected chi connectivity index (χ0v) is 12.7. The van der Waals surface area contributed by atoms with E-state index in [1.54, 1.807) is 12.1 Å². The number of nitrogens with two attached hydrogens (primary N) is 1. The third-order valence-electron chi connectivity index (χ3n) is 2.73. The Hall–Kier alpha value is -2.19. The Morgan fingerprint density at radius 3 is 2.86 bits per heavy atom. The molecule has 3 rings (SSSR count). The number of halogens is 1. The van der Waals surface area contributed by atoms with Crippen LogP contribution in [0.1, 0.15) is 6.92 Å². The Kier molecular flexibility index (Phi) is 3.72. The van der Waals surface area contributed by atoms with Crippen LogP contribution in [0.5, 0.6) is 0 Å². The number of hydrogen-bond donors (Lipinski definition) is 3. The molecule has 0 spiro atoms. The summed E-state index contributed by atoms with van der Waals surface area (Å²) in [4.78, 5) is 8.25. The number of nitrogens with one attached hydrogen (secondary N) is 2. The van der Waals surface area contributed by atoms with Crippen LogP contribution in [0, 0.1) is 0 Å². The van der Waals surface area contributed by atoms with Crippen molar-refractivity contribution in [1.82, 2.24) is 18.7 Å². The SMILES string of the molecule is CCNc1cc(Nc2c(Cl)ccc3nsnc23)nc(N)n1. The van der Waals surface area contributed by atoms with Crippen LogP contribution in [0.4, 0.5) is 23.3 Å². The van der Waals surface area contributed by atoms with Crippen molar-refractivity contribution in [3.05, 3.63) is 23.2 Å². The lowest BCUT2D eigenvalue weighted by Gasteiger charge is -2.10. The average molecular weight is 322 g/mol. The number of nitrogen functional groups attached to an aromatic ring is 1. The smallest absolute Gasteiger partial charge is 0.223 e. The molecule has 0 radical (unpaired) electrons.